The first-order valence-electron chi connectivity index (χ1n) is 12.3. The summed E-state index contributed by atoms with van der Waals surface area (Å²) < 4.78 is 47.3. The number of rotatable bonds is 10. The molecule has 1 saturated carbocycles. The number of aromatic nitrogens is 2. The molecule has 2 fully saturated rings. The number of nitro groups is 1. The van der Waals surface area contributed by atoms with Crippen molar-refractivity contribution in [3.8, 4) is 5.75 Å². The molecular weight excluding hydrogens is 509 g/mol. The van der Waals surface area contributed by atoms with Gasteiger partial charge in [0, 0.05) is 44.7 Å². The molecule has 4 rings (SSSR count). The fraction of sp³-hybridized carbons (Fsp3) is 0.542. The van der Waals surface area contributed by atoms with E-state index in [-0.39, 0.29) is 47.4 Å². The lowest BCUT2D eigenvalue weighted by Gasteiger charge is -2.45. The predicted octanol–water partition coefficient (Wildman–Crippen LogP) is 4.11. The first-order chi connectivity index (χ1) is 18.1. The van der Waals surface area contributed by atoms with Crippen LogP contribution in [0.25, 0.3) is 0 Å². The van der Waals surface area contributed by atoms with Crippen molar-refractivity contribution in [3.05, 3.63) is 46.1 Å². The lowest BCUT2D eigenvalue weighted by molar-refractivity contribution is -0.384. The lowest BCUT2D eigenvalue weighted by atomic mass is 9.84. The second-order valence-electron chi connectivity index (χ2n) is 9.43. The zero-order chi connectivity index (χ0) is 27.3. The van der Waals surface area contributed by atoms with Crippen LogP contribution in [0.1, 0.15) is 38.2 Å². The molecule has 2 aromatic rings. The fourth-order valence-corrected chi connectivity index (χ4v) is 4.80. The number of carbonyl (C=O) groups excluding carboxylic acids is 1. The number of benzene rings is 1. The second kappa shape index (κ2) is 11.8. The molecular formula is C24H29F3N6O5. The highest BCUT2D eigenvalue weighted by atomic mass is 19.4. The Kier molecular flexibility index (Phi) is 8.49. The van der Waals surface area contributed by atoms with Gasteiger partial charge in [0.25, 0.3) is 0 Å². The number of nitrogens with zero attached hydrogens (tertiary/aromatic N) is 4. The molecule has 1 aliphatic heterocycles. The zero-order valence-corrected chi connectivity index (χ0v) is 20.7. The Morgan fingerprint density at radius 1 is 1.18 bits per heavy atom. The molecule has 2 N–H and O–H groups in total. The molecule has 1 aromatic carbocycles. The molecule has 2 aliphatic rings. The standard InChI is InChI=1S/C24H29F3N6O5/c1-15(34)37-19-13-32(14-19)18-8-6-16(7-9-18)10-28-22-20(33(35)36)12-30-23(31-22)29-11-17-4-2-3-5-21(17)38-24(25,26)27/h2-5,12,16,18-19H,6-11,13-14H2,1H3,(H2,28,29,30,31). The van der Waals surface area contributed by atoms with Gasteiger partial charge in [0.1, 0.15) is 18.1 Å². The molecule has 0 atom stereocenters. The van der Waals surface area contributed by atoms with Crippen LogP contribution in [0.5, 0.6) is 5.75 Å². The van der Waals surface area contributed by atoms with E-state index in [0.29, 0.717) is 18.5 Å². The molecule has 0 unspecified atom stereocenters. The molecule has 14 heteroatoms. The van der Waals surface area contributed by atoms with Crippen molar-refractivity contribution in [3.63, 3.8) is 0 Å². The minimum atomic E-state index is -4.84. The number of alkyl halides is 3. The maximum absolute atomic E-state index is 12.7. The van der Waals surface area contributed by atoms with Gasteiger partial charge in [-0.3, -0.25) is 19.8 Å². The van der Waals surface area contributed by atoms with Crippen molar-refractivity contribution < 1.29 is 32.4 Å². The Bertz CT molecular complexity index is 1140. The Balaban J connectivity index is 1.31. The highest BCUT2D eigenvalue weighted by molar-refractivity contribution is 5.66. The Hall–Kier alpha value is -3.68. The van der Waals surface area contributed by atoms with Crippen LogP contribution in [-0.4, -0.2) is 63.9 Å². The number of anilines is 2. The van der Waals surface area contributed by atoms with Gasteiger partial charge in [-0.15, -0.1) is 13.2 Å². The van der Waals surface area contributed by atoms with E-state index in [2.05, 4.69) is 30.2 Å². The number of carbonyl (C=O) groups is 1. The summed E-state index contributed by atoms with van der Waals surface area (Å²) >= 11 is 0. The van der Waals surface area contributed by atoms with Gasteiger partial charge in [0.05, 0.1) is 4.92 Å². The van der Waals surface area contributed by atoms with E-state index < -0.39 is 11.3 Å². The predicted molar refractivity (Wildman–Crippen MR) is 131 cm³/mol. The molecule has 1 saturated heterocycles. The van der Waals surface area contributed by atoms with Crippen molar-refractivity contribution in [1.82, 2.24) is 14.9 Å². The molecule has 1 aromatic heterocycles. The summed E-state index contributed by atoms with van der Waals surface area (Å²) in [4.78, 5) is 32.4. The van der Waals surface area contributed by atoms with Crippen LogP contribution in [-0.2, 0) is 16.1 Å². The normalized spacial score (nSPS) is 20.3. The molecule has 2 heterocycles. The topological polar surface area (TPSA) is 132 Å². The largest absolute Gasteiger partial charge is 0.573 e. The maximum Gasteiger partial charge on any atom is 0.573 e. The third-order valence-electron chi connectivity index (χ3n) is 6.70. The minimum absolute atomic E-state index is 0.0290. The number of esters is 1. The highest BCUT2D eigenvalue weighted by Gasteiger charge is 2.36. The van der Waals surface area contributed by atoms with Crippen LogP contribution < -0.4 is 15.4 Å². The van der Waals surface area contributed by atoms with Crippen LogP contribution in [0.4, 0.5) is 30.6 Å². The number of likely N-dealkylation sites (tertiary alicyclic amines) is 1. The van der Waals surface area contributed by atoms with E-state index >= 15 is 0 Å². The number of para-hydroxylation sites is 1. The maximum atomic E-state index is 12.7. The summed E-state index contributed by atoms with van der Waals surface area (Å²) in [5.74, 6) is -0.246. The van der Waals surface area contributed by atoms with Gasteiger partial charge in [-0.2, -0.15) is 4.98 Å². The van der Waals surface area contributed by atoms with Crippen LogP contribution >= 0.6 is 0 Å². The summed E-state index contributed by atoms with van der Waals surface area (Å²) in [6.45, 7) is 3.32. The molecule has 38 heavy (non-hydrogen) atoms. The summed E-state index contributed by atoms with van der Waals surface area (Å²) in [5.41, 5.74) is -0.0680. The van der Waals surface area contributed by atoms with E-state index in [4.69, 9.17) is 4.74 Å². The van der Waals surface area contributed by atoms with Crippen LogP contribution in [0.3, 0.4) is 0 Å². The lowest BCUT2D eigenvalue weighted by Crippen LogP contribution is -2.57. The molecule has 0 radical (unpaired) electrons. The third-order valence-corrected chi connectivity index (χ3v) is 6.70. The van der Waals surface area contributed by atoms with Crippen molar-refractivity contribution in [2.24, 2.45) is 5.92 Å². The number of nitrogens with one attached hydrogen (secondary N) is 2. The minimum Gasteiger partial charge on any atom is -0.460 e. The average molecular weight is 539 g/mol. The van der Waals surface area contributed by atoms with Crippen molar-refractivity contribution in [2.45, 2.75) is 57.7 Å². The molecule has 0 amide bonds. The van der Waals surface area contributed by atoms with Crippen LogP contribution in [0, 0.1) is 16.0 Å². The van der Waals surface area contributed by atoms with Gasteiger partial charge < -0.3 is 20.1 Å². The molecule has 0 spiro atoms. The molecule has 1 aliphatic carbocycles. The first kappa shape index (κ1) is 27.4. The van der Waals surface area contributed by atoms with Gasteiger partial charge in [0.15, 0.2) is 0 Å². The zero-order valence-electron chi connectivity index (χ0n) is 20.7. The molecule has 0 bridgehead atoms. The number of ether oxygens (including phenoxy) is 2. The molecule has 206 valence electrons. The number of hydrogen-bond acceptors (Lipinski definition) is 10. The van der Waals surface area contributed by atoms with E-state index in [1.54, 1.807) is 6.07 Å². The molecule has 11 nitrogen and oxygen atoms in total. The van der Waals surface area contributed by atoms with Gasteiger partial charge in [0.2, 0.25) is 11.8 Å². The quantitative estimate of drug-likeness (QED) is 0.259. The van der Waals surface area contributed by atoms with Gasteiger partial charge >= 0.3 is 18.0 Å². The summed E-state index contributed by atoms with van der Waals surface area (Å²) in [6.07, 6.45) is 0.0415. The van der Waals surface area contributed by atoms with E-state index in [9.17, 15) is 28.1 Å². The number of hydrogen-bond donors (Lipinski definition) is 2. The summed E-state index contributed by atoms with van der Waals surface area (Å²) in [6, 6.07) is 6.09. The van der Waals surface area contributed by atoms with E-state index in [1.165, 1.54) is 25.1 Å². The van der Waals surface area contributed by atoms with Crippen LogP contribution in [0.15, 0.2) is 30.5 Å². The smallest absolute Gasteiger partial charge is 0.460 e. The second-order valence-corrected chi connectivity index (χ2v) is 9.43. The fourth-order valence-electron chi connectivity index (χ4n) is 4.80. The first-order valence-corrected chi connectivity index (χ1v) is 12.3. The van der Waals surface area contributed by atoms with Crippen molar-refractivity contribution in [1.29, 1.82) is 0 Å². The van der Waals surface area contributed by atoms with E-state index in [1.807, 2.05) is 0 Å². The van der Waals surface area contributed by atoms with Gasteiger partial charge in [-0.25, -0.2) is 4.98 Å². The van der Waals surface area contributed by atoms with Crippen LogP contribution in [0.2, 0.25) is 0 Å². The Labute approximate surface area is 216 Å². The SMILES string of the molecule is CC(=O)OC1CN(C2CCC(CNc3nc(NCc4ccccc4OC(F)(F)F)ncc3[N+](=O)[O-])CC2)C1. The highest BCUT2D eigenvalue weighted by Crippen LogP contribution is 2.32. The summed E-state index contributed by atoms with van der Waals surface area (Å²) in [7, 11) is 0. The van der Waals surface area contributed by atoms with E-state index in [0.717, 1.165) is 45.0 Å². The third kappa shape index (κ3) is 7.43. The average Bonchev–Trinajstić information content (AvgIpc) is 2.83. The summed E-state index contributed by atoms with van der Waals surface area (Å²) in [5, 5.41) is 17.4. The monoisotopic (exact) mass is 538 g/mol. The number of halogens is 3. The van der Waals surface area contributed by atoms with Crippen molar-refractivity contribution in [2.75, 3.05) is 30.3 Å². The van der Waals surface area contributed by atoms with Gasteiger partial charge in [-0.05, 0) is 37.7 Å². The van der Waals surface area contributed by atoms with Crippen molar-refractivity contribution >= 4 is 23.4 Å². The van der Waals surface area contributed by atoms with Gasteiger partial charge in [-0.1, -0.05) is 18.2 Å². The Morgan fingerprint density at radius 3 is 2.55 bits per heavy atom. The Morgan fingerprint density at radius 2 is 1.89 bits per heavy atom.